The van der Waals surface area contributed by atoms with Gasteiger partial charge in [-0.25, -0.2) is 4.79 Å². The van der Waals surface area contributed by atoms with E-state index in [1.165, 1.54) is 0 Å². The Morgan fingerprint density at radius 3 is 2.42 bits per heavy atom. The Bertz CT molecular complexity index is 1390. The second-order valence-electron chi connectivity index (χ2n) is 7.44. The molecule has 5 nitrogen and oxygen atoms in total. The van der Waals surface area contributed by atoms with E-state index < -0.39 is 5.97 Å². The molecule has 0 saturated carbocycles. The number of H-pyrrole nitrogens is 1. The summed E-state index contributed by atoms with van der Waals surface area (Å²) in [5, 5.41) is 1.76. The number of aromatic amines is 1. The highest BCUT2D eigenvalue weighted by Gasteiger charge is 2.23. The van der Waals surface area contributed by atoms with Gasteiger partial charge in [-0.05, 0) is 23.8 Å². The molecule has 0 saturated heterocycles. The Balaban J connectivity index is 1.47. The highest BCUT2D eigenvalue weighted by atomic mass is 16.5. The molecule has 2 aromatic heterocycles. The summed E-state index contributed by atoms with van der Waals surface area (Å²) in [6.45, 7) is -0.331. The number of hydrogen-bond donors (Lipinski definition) is 1. The van der Waals surface area contributed by atoms with E-state index in [1.54, 1.807) is 6.07 Å². The third kappa shape index (κ3) is 3.30. The van der Waals surface area contributed by atoms with Crippen molar-refractivity contribution in [3.63, 3.8) is 0 Å². The van der Waals surface area contributed by atoms with E-state index in [0.717, 1.165) is 33.1 Å². The molecule has 0 bridgehead atoms. The van der Waals surface area contributed by atoms with Crippen LogP contribution in [0.25, 0.3) is 33.1 Å². The van der Waals surface area contributed by atoms with Crippen molar-refractivity contribution >= 4 is 33.6 Å². The second kappa shape index (κ2) is 7.61. The van der Waals surface area contributed by atoms with Gasteiger partial charge < -0.3 is 14.3 Å². The summed E-state index contributed by atoms with van der Waals surface area (Å²) in [5.74, 6) is -0.786. The maximum Gasteiger partial charge on any atom is 0.355 e. The normalized spacial score (nSPS) is 11.1. The molecule has 0 aliphatic carbocycles. The average molecular weight is 408 g/mol. The van der Waals surface area contributed by atoms with E-state index in [4.69, 9.17) is 4.74 Å². The number of benzene rings is 3. The number of fused-ring (bicyclic) bond motifs is 2. The topological polar surface area (TPSA) is 64.1 Å². The zero-order chi connectivity index (χ0) is 21.4. The molecule has 0 unspecified atom stereocenters. The number of rotatable bonds is 5. The molecular weight excluding hydrogens is 388 g/mol. The molecular formula is C26H20N2O3. The monoisotopic (exact) mass is 408 g/mol. The Morgan fingerprint density at radius 1 is 0.903 bits per heavy atom. The predicted molar refractivity (Wildman–Crippen MR) is 121 cm³/mol. The molecule has 5 aromatic rings. The van der Waals surface area contributed by atoms with Gasteiger partial charge in [-0.2, -0.15) is 0 Å². The van der Waals surface area contributed by atoms with Crippen molar-refractivity contribution < 1.29 is 14.3 Å². The molecule has 152 valence electrons. The van der Waals surface area contributed by atoms with Crippen LogP contribution in [0, 0.1) is 0 Å². The lowest BCUT2D eigenvalue weighted by Crippen LogP contribution is -2.15. The molecule has 0 fully saturated rings. The molecule has 0 amide bonds. The van der Waals surface area contributed by atoms with Gasteiger partial charge in [-0.15, -0.1) is 0 Å². The minimum absolute atomic E-state index is 0.236. The summed E-state index contributed by atoms with van der Waals surface area (Å²) < 4.78 is 7.41. The van der Waals surface area contributed by atoms with E-state index in [0.29, 0.717) is 11.3 Å². The number of esters is 1. The SMILES string of the molecule is Cn1c(-c2ccccc2)c(C(=O)COC(=O)c2cc3ccccc3[nH]2)c2ccccc21. The van der Waals surface area contributed by atoms with Crippen LogP contribution in [0.5, 0.6) is 0 Å². The fraction of sp³-hybridized carbons (Fsp3) is 0.0769. The lowest BCUT2D eigenvalue weighted by Gasteiger charge is -2.08. The van der Waals surface area contributed by atoms with E-state index in [1.807, 2.05) is 90.5 Å². The zero-order valence-electron chi connectivity index (χ0n) is 17.0. The molecule has 3 aromatic carbocycles. The van der Waals surface area contributed by atoms with Crippen LogP contribution < -0.4 is 0 Å². The highest BCUT2D eigenvalue weighted by Crippen LogP contribution is 2.33. The summed E-state index contributed by atoms with van der Waals surface area (Å²) in [7, 11) is 1.94. The Kier molecular flexibility index (Phi) is 4.64. The molecule has 0 aliphatic heterocycles. The van der Waals surface area contributed by atoms with Crippen molar-refractivity contribution in [1.82, 2.24) is 9.55 Å². The summed E-state index contributed by atoms with van der Waals surface area (Å²) in [6.07, 6.45) is 0. The largest absolute Gasteiger partial charge is 0.453 e. The number of para-hydroxylation sites is 2. The van der Waals surface area contributed by atoms with Crippen molar-refractivity contribution in [2.75, 3.05) is 6.61 Å². The number of carbonyl (C=O) groups excluding carboxylic acids is 2. The Labute approximate surface area is 178 Å². The molecule has 0 aliphatic rings. The third-order valence-electron chi connectivity index (χ3n) is 5.52. The fourth-order valence-electron chi connectivity index (χ4n) is 4.07. The lowest BCUT2D eigenvalue weighted by atomic mass is 10.0. The van der Waals surface area contributed by atoms with Gasteiger partial charge in [0.2, 0.25) is 5.78 Å². The predicted octanol–water partition coefficient (Wildman–Crippen LogP) is 5.37. The maximum atomic E-state index is 13.3. The number of hydrogen-bond acceptors (Lipinski definition) is 3. The lowest BCUT2D eigenvalue weighted by molar-refractivity contribution is 0.0470. The van der Waals surface area contributed by atoms with Crippen molar-refractivity contribution in [3.05, 3.63) is 96.2 Å². The van der Waals surface area contributed by atoms with E-state index >= 15 is 0 Å². The Hall–Kier alpha value is -4.12. The van der Waals surface area contributed by atoms with E-state index in [-0.39, 0.29) is 12.4 Å². The number of nitrogens with zero attached hydrogens (tertiary/aromatic N) is 1. The van der Waals surface area contributed by atoms with Gasteiger partial charge in [0.25, 0.3) is 0 Å². The van der Waals surface area contributed by atoms with Crippen LogP contribution in [0.3, 0.4) is 0 Å². The number of Topliss-reactive ketones (excluding diaryl/α,β-unsaturated/α-hetero) is 1. The molecule has 0 atom stereocenters. The smallest absolute Gasteiger partial charge is 0.355 e. The Morgan fingerprint density at radius 2 is 1.61 bits per heavy atom. The molecule has 31 heavy (non-hydrogen) atoms. The molecule has 0 radical (unpaired) electrons. The summed E-state index contributed by atoms with van der Waals surface area (Å²) in [5.41, 5.74) is 4.44. The number of ether oxygens (including phenoxy) is 1. The first-order chi connectivity index (χ1) is 15.1. The minimum atomic E-state index is -0.550. The third-order valence-corrected chi connectivity index (χ3v) is 5.52. The van der Waals surface area contributed by atoms with Gasteiger partial charge in [0.1, 0.15) is 5.69 Å². The van der Waals surface area contributed by atoms with Crippen molar-refractivity contribution in [3.8, 4) is 11.3 Å². The first kappa shape index (κ1) is 18.9. The standard InChI is InChI=1S/C26H20N2O3/c1-28-22-14-8-6-12-19(22)24(25(28)17-9-3-2-4-10-17)23(29)16-31-26(30)21-15-18-11-5-7-13-20(18)27-21/h2-15,27H,16H2,1H3. The molecule has 5 heteroatoms. The van der Waals surface area contributed by atoms with Crippen LogP contribution >= 0.6 is 0 Å². The minimum Gasteiger partial charge on any atom is -0.453 e. The van der Waals surface area contributed by atoms with Crippen LogP contribution in [-0.2, 0) is 11.8 Å². The molecule has 5 rings (SSSR count). The number of nitrogens with one attached hydrogen (secondary N) is 1. The molecule has 0 spiro atoms. The summed E-state index contributed by atoms with van der Waals surface area (Å²) >= 11 is 0. The van der Waals surface area contributed by atoms with Crippen molar-refractivity contribution in [1.29, 1.82) is 0 Å². The van der Waals surface area contributed by atoms with Gasteiger partial charge in [-0.1, -0.05) is 66.7 Å². The van der Waals surface area contributed by atoms with Crippen molar-refractivity contribution in [2.45, 2.75) is 0 Å². The first-order valence-corrected chi connectivity index (χ1v) is 10.0. The van der Waals surface area contributed by atoms with Crippen LogP contribution in [0.1, 0.15) is 20.8 Å². The second-order valence-corrected chi connectivity index (χ2v) is 7.44. The van der Waals surface area contributed by atoms with Crippen LogP contribution in [0.4, 0.5) is 0 Å². The van der Waals surface area contributed by atoms with Crippen LogP contribution in [0.15, 0.2) is 84.9 Å². The number of carbonyl (C=O) groups is 2. The van der Waals surface area contributed by atoms with Gasteiger partial charge in [0, 0.05) is 28.9 Å². The quantitative estimate of drug-likeness (QED) is 0.314. The number of aryl methyl sites for hydroxylation is 1. The van der Waals surface area contributed by atoms with E-state index in [9.17, 15) is 9.59 Å². The fourth-order valence-corrected chi connectivity index (χ4v) is 4.07. The average Bonchev–Trinajstić information content (AvgIpc) is 3.37. The van der Waals surface area contributed by atoms with Crippen LogP contribution in [-0.4, -0.2) is 27.9 Å². The number of ketones is 1. The van der Waals surface area contributed by atoms with Gasteiger partial charge in [-0.3, -0.25) is 4.79 Å². The summed E-state index contributed by atoms with van der Waals surface area (Å²) in [6, 6.07) is 26.9. The number of aromatic nitrogens is 2. The van der Waals surface area contributed by atoms with E-state index in [2.05, 4.69) is 4.98 Å². The highest BCUT2D eigenvalue weighted by molar-refractivity contribution is 6.14. The first-order valence-electron chi connectivity index (χ1n) is 10.0. The molecule has 1 N–H and O–H groups in total. The van der Waals surface area contributed by atoms with Crippen molar-refractivity contribution in [2.24, 2.45) is 7.05 Å². The van der Waals surface area contributed by atoms with Crippen LogP contribution in [0.2, 0.25) is 0 Å². The molecule has 2 heterocycles. The summed E-state index contributed by atoms with van der Waals surface area (Å²) in [4.78, 5) is 28.9. The van der Waals surface area contributed by atoms with Gasteiger partial charge in [0.15, 0.2) is 6.61 Å². The van der Waals surface area contributed by atoms with Gasteiger partial charge >= 0.3 is 5.97 Å². The van der Waals surface area contributed by atoms with Gasteiger partial charge in [0.05, 0.1) is 11.3 Å². The maximum absolute atomic E-state index is 13.3. The zero-order valence-corrected chi connectivity index (χ0v) is 17.0.